The first kappa shape index (κ1) is 15.9. The summed E-state index contributed by atoms with van der Waals surface area (Å²) >= 11 is 0. The molecule has 0 unspecified atom stereocenters. The Kier molecular flexibility index (Phi) is 5.09. The van der Waals surface area contributed by atoms with Gasteiger partial charge in [-0.3, -0.25) is 4.79 Å². The smallest absolute Gasteiger partial charge is 0.311 e. The fourth-order valence-corrected chi connectivity index (χ4v) is 2.20. The zero-order chi connectivity index (χ0) is 16.1. The summed E-state index contributed by atoms with van der Waals surface area (Å²) in [6, 6.07) is 6.64. The van der Waals surface area contributed by atoms with E-state index in [1.165, 1.54) is 6.07 Å². The van der Waals surface area contributed by atoms with Crippen LogP contribution in [0.25, 0.3) is 10.8 Å². The van der Waals surface area contributed by atoms with Crippen molar-refractivity contribution in [2.75, 3.05) is 13.7 Å². The molecular weight excluding hydrogens is 284 g/mol. The number of carbonyl (C=O) groups is 1. The molecule has 1 N–H and O–H groups in total. The Morgan fingerprint density at radius 1 is 1.18 bits per heavy atom. The molecular formula is C17H20O5. The van der Waals surface area contributed by atoms with Crippen molar-refractivity contribution in [1.82, 2.24) is 0 Å². The summed E-state index contributed by atoms with van der Waals surface area (Å²) in [6.45, 7) is 4.14. The Morgan fingerprint density at radius 3 is 2.59 bits per heavy atom. The highest BCUT2D eigenvalue weighted by atomic mass is 16.6. The molecule has 2 aromatic carbocycles. The van der Waals surface area contributed by atoms with E-state index >= 15 is 0 Å². The maximum absolute atomic E-state index is 11.9. The highest BCUT2D eigenvalue weighted by Crippen LogP contribution is 2.42. The molecule has 0 spiro atoms. The van der Waals surface area contributed by atoms with E-state index in [1.54, 1.807) is 25.3 Å². The second kappa shape index (κ2) is 7.02. The van der Waals surface area contributed by atoms with E-state index in [0.717, 1.165) is 0 Å². The molecule has 5 nitrogen and oxygen atoms in total. The number of carbonyl (C=O) groups excluding carboxylic acids is 1. The number of aromatic hydroxyl groups is 1. The van der Waals surface area contributed by atoms with Crippen molar-refractivity contribution in [2.45, 2.75) is 26.7 Å². The summed E-state index contributed by atoms with van der Waals surface area (Å²) in [4.78, 5) is 11.9. The van der Waals surface area contributed by atoms with Gasteiger partial charge in [-0.05, 0) is 31.5 Å². The predicted octanol–water partition coefficient (Wildman–Crippen LogP) is 3.66. The van der Waals surface area contributed by atoms with Gasteiger partial charge in [-0.1, -0.05) is 6.92 Å². The molecule has 0 aliphatic carbocycles. The molecule has 2 aromatic rings. The summed E-state index contributed by atoms with van der Waals surface area (Å²) in [5.41, 5.74) is 0. The average Bonchev–Trinajstić information content (AvgIpc) is 2.51. The maximum atomic E-state index is 11.9. The first-order chi connectivity index (χ1) is 10.6. The molecule has 0 aliphatic heterocycles. The Hall–Kier alpha value is -2.43. The fourth-order valence-electron chi connectivity index (χ4n) is 2.20. The monoisotopic (exact) mass is 304 g/mol. The minimum atomic E-state index is -0.328. The molecule has 118 valence electrons. The lowest BCUT2D eigenvalue weighted by Gasteiger charge is -2.15. The minimum absolute atomic E-state index is 0.0487. The highest BCUT2D eigenvalue weighted by Gasteiger charge is 2.17. The van der Waals surface area contributed by atoms with Gasteiger partial charge in [-0.15, -0.1) is 0 Å². The van der Waals surface area contributed by atoms with Crippen LogP contribution in [0.1, 0.15) is 26.7 Å². The molecule has 2 rings (SSSR count). The number of methoxy groups -OCH3 is 1. The third-order valence-electron chi connectivity index (χ3n) is 3.21. The van der Waals surface area contributed by atoms with Crippen LogP contribution in [-0.2, 0) is 4.79 Å². The van der Waals surface area contributed by atoms with Gasteiger partial charge in [-0.2, -0.15) is 0 Å². The van der Waals surface area contributed by atoms with E-state index in [0.29, 0.717) is 47.5 Å². The minimum Gasteiger partial charge on any atom is -0.507 e. The van der Waals surface area contributed by atoms with Gasteiger partial charge < -0.3 is 19.3 Å². The first-order valence-corrected chi connectivity index (χ1v) is 7.27. The Morgan fingerprint density at radius 2 is 1.95 bits per heavy atom. The normalized spacial score (nSPS) is 10.5. The first-order valence-electron chi connectivity index (χ1n) is 7.27. The van der Waals surface area contributed by atoms with Crippen LogP contribution in [0.2, 0.25) is 0 Å². The summed E-state index contributed by atoms with van der Waals surface area (Å²) in [5, 5.41) is 11.3. The topological polar surface area (TPSA) is 65.0 Å². The second-order valence-corrected chi connectivity index (χ2v) is 4.79. The number of hydrogen-bond acceptors (Lipinski definition) is 5. The lowest BCUT2D eigenvalue weighted by atomic mass is 10.1. The molecule has 0 radical (unpaired) electrons. The van der Waals surface area contributed by atoms with Crippen LogP contribution in [0.4, 0.5) is 0 Å². The van der Waals surface area contributed by atoms with Crippen LogP contribution in [0, 0.1) is 0 Å². The summed E-state index contributed by atoms with van der Waals surface area (Å²) < 4.78 is 16.1. The molecule has 0 heterocycles. The van der Waals surface area contributed by atoms with Crippen molar-refractivity contribution in [3.63, 3.8) is 0 Å². The van der Waals surface area contributed by atoms with Crippen molar-refractivity contribution >= 4 is 16.7 Å². The van der Waals surface area contributed by atoms with E-state index in [1.807, 2.05) is 13.8 Å². The van der Waals surface area contributed by atoms with Gasteiger partial charge in [0.25, 0.3) is 0 Å². The molecule has 5 heteroatoms. The van der Waals surface area contributed by atoms with Crippen LogP contribution in [-0.4, -0.2) is 24.8 Å². The lowest BCUT2D eigenvalue weighted by Crippen LogP contribution is -2.09. The van der Waals surface area contributed by atoms with Gasteiger partial charge in [-0.25, -0.2) is 0 Å². The van der Waals surface area contributed by atoms with E-state index in [9.17, 15) is 9.90 Å². The number of phenols is 1. The van der Waals surface area contributed by atoms with Crippen molar-refractivity contribution in [3.8, 4) is 23.0 Å². The lowest BCUT2D eigenvalue weighted by molar-refractivity contribution is -0.134. The fraction of sp³-hybridized carbons (Fsp3) is 0.353. The van der Waals surface area contributed by atoms with E-state index in [4.69, 9.17) is 14.2 Å². The van der Waals surface area contributed by atoms with Crippen LogP contribution in [0.3, 0.4) is 0 Å². The second-order valence-electron chi connectivity index (χ2n) is 4.79. The van der Waals surface area contributed by atoms with Gasteiger partial charge in [0.15, 0.2) is 11.5 Å². The van der Waals surface area contributed by atoms with Crippen molar-refractivity contribution in [3.05, 3.63) is 24.3 Å². The Labute approximate surface area is 129 Å². The molecule has 0 bridgehead atoms. The summed E-state index contributed by atoms with van der Waals surface area (Å²) in [7, 11) is 1.55. The van der Waals surface area contributed by atoms with Gasteiger partial charge in [0.2, 0.25) is 0 Å². The van der Waals surface area contributed by atoms with Crippen molar-refractivity contribution in [1.29, 1.82) is 0 Å². The van der Waals surface area contributed by atoms with Gasteiger partial charge >= 0.3 is 5.97 Å². The molecule has 0 amide bonds. The van der Waals surface area contributed by atoms with Crippen LogP contribution < -0.4 is 14.2 Å². The maximum Gasteiger partial charge on any atom is 0.311 e. The number of hydrogen-bond donors (Lipinski definition) is 1. The Balaban J connectivity index is 2.59. The molecule has 0 fully saturated rings. The van der Waals surface area contributed by atoms with Gasteiger partial charge in [0.1, 0.15) is 11.5 Å². The SMILES string of the molecule is CCCC(=O)Oc1c(OCC)cc(O)c2cc(OC)ccc12. The third kappa shape index (κ3) is 3.24. The predicted molar refractivity (Wildman–Crippen MR) is 83.9 cm³/mol. The quantitative estimate of drug-likeness (QED) is 0.651. The van der Waals surface area contributed by atoms with Crippen LogP contribution >= 0.6 is 0 Å². The number of fused-ring (bicyclic) bond motifs is 1. The van der Waals surface area contributed by atoms with Gasteiger partial charge in [0.05, 0.1) is 13.7 Å². The molecule has 22 heavy (non-hydrogen) atoms. The van der Waals surface area contributed by atoms with Crippen molar-refractivity contribution in [2.24, 2.45) is 0 Å². The van der Waals surface area contributed by atoms with E-state index in [-0.39, 0.29) is 11.7 Å². The van der Waals surface area contributed by atoms with E-state index < -0.39 is 0 Å². The van der Waals surface area contributed by atoms with E-state index in [2.05, 4.69) is 0 Å². The molecule has 0 aromatic heterocycles. The van der Waals surface area contributed by atoms with Crippen molar-refractivity contribution < 1.29 is 24.1 Å². The summed E-state index contributed by atoms with van der Waals surface area (Å²) in [5.74, 6) is 1.01. The number of esters is 1. The Bertz CT molecular complexity index is 678. The third-order valence-corrected chi connectivity index (χ3v) is 3.21. The number of ether oxygens (including phenoxy) is 3. The summed E-state index contributed by atoms with van der Waals surface area (Å²) in [6.07, 6.45) is 1.02. The van der Waals surface area contributed by atoms with Crippen LogP contribution in [0.15, 0.2) is 24.3 Å². The zero-order valence-corrected chi connectivity index (χ0v) is 13.0. The number of phenolic OH excluding ortho intramolecular Hbond substituents is 1. The molecule has 0 atom stereocenters. The highest BCUT2D eigenvalue weighted by molar-refractivity contribution is 5.97. The molecule has 0 aliphatic rings. The standard InChI is InChI=1S/C17H20O5/c1-4-6-16(19)22-17-12-8-7-11(20-3)9-13(12)14(18)10-15(17)21-5-2/h7-10,18H,4-6H2,1-3H3. The van der Waals surface area contributed by atoms with Crippen LogP contribution in [0.5, 0.6) is 23.0 Å². The van der Waals surface area contributed by atoms with Gasteiger partial charge in [0, 0.05) is 23.3 Å². The molecule has 0 saturated heterocycles. The zero-order valence-electron chi connectivity index (χ0n) is 13.0. The number of benzene rings is 2. The largest absolute Gasteiger partial charge is 0.507 e. The number of rotatable bonds is 6. The molecule has 0 saturated carbocycles. The average molecular weight is 304 g/mol.